The first-order chi connectivity index (χ1) is 7.58. The number of carbonyl (C=O) groups is 1. The number of hydrogen-bond donors (Lipinski definition) is 1. The second-order valence-electron chi connectivity index (χ2n) is 3.63. The topological polar surface area (TPSA) is 55.1 Å². The van der Waals surface area contributed by atoms with Crippen molar-refractivity contribution in [1.82, 2.24) is 9.78 Å². The average molecular weight is 239 g/mol. The van der Waals surface area contributed by atoms with Gasteiger partial charge in [-0.2, -0.15) is 5.10 Å². The van der Waals surface area contributed by atoms with Gasteiger partial charge in [0.2, 0.25) is 0 Å². The number of aromatic nitrogens is 2. The van der Waals surface area contributed by atoms with Crippen LogP contribution in [-0.4, -0.2) is 20.9 Å². The van der Waals surface area contributed by atoms with Crippen molar-refractivity contribution in [3.8, 4) is 0 Å². The minimum absolute atomic E-state index is 0.0920. The molecule has 0 spiro atoms. The van der Waals surface area contributed by atoms with Gasteiger partial charge in [0, 0.05) is 23.9 Å². The highest BCUT2D eigenvalue weighted by Gasteiger charge is 2.10. The Kier molecular flexibility index (Phi) is 2.83. The number of fused-ring (bicyclic) bond motifs is 1. The normalized spacial score (nSPS) is 10.9. The zero-order chi connectivity index (χ0) is 11.7. The maximum atomic E-state index is 10.5. The summed E-state index contributed by atoms with van der Waals surface area (Å²) in [4.78, 5) is 10.5. The largest absolute Gasteiger partial charge is 0.481 e. The van der Waals surface area contributed by atoms with Gasteiger partial charge in [0.05, 0.1) is 17.6 Å². The van der Waals surface area contributed by atoms with Crippen molar-refractivity contribution in [1.29, 1.82) is 0 Å². The molecule has 0 saturated heterocycles. The van der Waals surface area contributed by atoms with Gasteiger partial charge in [-0.3, -0.25) is 9.48 Å². The van der Waals surface area contributed by atoms with E-state index in [-0.39, 0.29) is 6.42 Å². The van der Waals surface area contributed by atoms with Crippen LogP contribution in [0.4, 0.5) is 0 Å². The van der Waals surface area contributed by atoms with Crippen LogP contribution in [0.2, 0.25) is 5.02 Å². The van der Waals surface area contributed by atoms with Gasteiger partial charge in [-0.15, -0.1) is 0 Å². The fourth-order valence-electron chi connectivity index (χ4n) is 1.72. The van der Waals surface area contributed by atoms with Crippen molar-refractivity contribution in [2.24, 2.45) is 7.05 Å². The minimum atomic E-state index is -0.812. The van der Waals surface area contributed by atoms with Crippen molar-refractivity contribution >= 4 is 28.5 Å². The van der Waals surface area contributed by atoms with E-state index in [1.807, 2.05) is 19.2 Å². The van der Waals surface area contributed by atoms with Gasteiger partial charge in [0.15, 0.2) is 0 Å². The summed E-state index contributed by atoms with van der Waals surface area (Å²) in [5, 5.41) is 14.6. The first kappa shape index (κ1) is 11.0. The molecule has 1 aromatic carbocycles. The standard InChI is InChI=1S/C11H11ClN2O2/c1-14-10-6-7(12)2-3-8(10)9(13-14)4-5-11(15)16/h2-3,6H,4-5H2,1H3,(H,15,16). The van der Waals surface area contributed by atoms with Crippen molar-refractivity contribution < 1.29 is 9.90 Å². The fraction of sp³-hybridized carbons (Fsp3) is 0.273. The predicted octanol–water partition coefficient (Wildman–Crippen LogP) is 2.24. The predicted molar refractivity (Wildman–Crippen MR) is 61.7 cm³/mol. The summed E-state index contributed by atoms with van der Waals surface area (Å²) >= 11 is 5.89. The molecule has 0 bridgehead atoms. The fourth-order valence-corrected chi connectivity index (χ4v) is 1.88. The van der Waals surface area contributed by atoms with Crippen LogP contribution in [0.3, 0.4) is 0 Å². The molecule has 0 radical (unpaired) electrons. The van der Waals surface area contributed by atoms with Crippen LogP contribution in [0.1, 0.15) is 12.1 Å². The number of aryl methyl sites for hydroxylation is 2. The summed E-state index contributed by atoms with van der Waals surface area (Å²) in [5.74, 6) is -0.812. The minimum Gasteiger partial charge on any atom is -0.481 e. The Morgan fingerprint density at radius 2 is 2.31 bits per heavy atom. The Morgan fingerprint density at radius 1 is 1.56 bits per heavy atom. The Labute approximate surface area is 97.4 Å². The van der Waals surface area contributed by atoms with Crippen LogP contribution in [0, 0.1) is 0 Å². The van der Waals surface area contributed by atoms with E-state index < -0.39 is 5.97 Å². The summed E-state index contributed by atoms with van der Waals surface area (Å²) < 4.78 is 1.72. The highest BCUT2D eigenvalue weighted by molar-refractivity contribution is 6.31. The molecule has 1 aromatic heterocycles. The maximum Gasteiger partial charge on any atom is 0.303 e. The van der Waals surface area contributed by atoms with Crippen LogP contribution in [0.15, 0.2) is 18.2 Å². The summed E-state index contributed by atoms with van der Waals surface area (Å²) in [6, 6.07) is 5.49. The SMILES string of the molecule is Cn1nc(CCC(=O)O)c2ccc(Cl)cc21. The van der Waals surface area contributed by atoms with Gasteiger partial charge in [-0.05, 0) is 18.2 Å². The van der Waals surface area contributed by atoms with Crippen LogP contribution in [0.5, 0.6) is 0 Å². The van der Waals surface area contributed by atoms with E-state index in [4.69, 9.17) is 16.7 Å². The monoisotopic (exact) mass is 238 g/mol. The van der Waals surface area contributed by atoms with Crippen LogP contribution < -0.4 is 0 Å². The van der Waals surface area contributed by atoms with E-state index in [0.29, 0.717) is 11.4 Å². The van der Waals surface area contributed by atoms with E-state index in [1.54, 1.807) is 10.7 Å². The summed E-state index contributed by atoms with van der Waals surface area (Å²) in [6.07, 6.45) is 0.531. The van der Waals surface area contributed by atoms with Gasteiger partial charge < -0.3 is 5.11 Å². The lowest BCUT2D eigenvalue weighted by Gasteiger charge is -1.95. The van der Waals surface area contributed by atoms with Gasteiger partial charge in [0.25, 0.3) is 0 Å². The molecule has 0 saturated carbocycles. The van der Waals surface area contributed by atoms with Crippen molar-refractivity contribution in [2.45, 2.75) is 12.8 Å². The molecule has 4 nitrogen and oxygen atoms in total. The Hall–Kier alpha value is -1.55. The summed E-state index contributed by atoms with van der Waals surface area (Å²) in [7, 11) is 1.82. The summed E-state index contributed by atoms with van der Waals surface area (Å²) in [6.45, 7) is 0. The van der Waals surface area contributed by atoms with Gasteiger partial charge in [-0.25, -0.2) is 0 Å². The molecule has 84 valence electrons. The maximum absolute atomic E-state index is 10.5. The van der Waals surface area contributed by atoms with E-state index in [0.717, 1.165) is 16.6 Å². The van der Waals surface area contributed by atoms with E-state index in [1.165, 1.54) is 0 Å². The molecule has 2 rings (SSSR count). The van der Waals surface area contributed by atoms with E-state index in [2.05, 4.69) is 5.10 Å². The lowest BCUT2D eigenvalue weighted by Crippen LogP contribution is -1.99. The summed E-state index contributed by atoms with van der Waals surface area (Å²) in [5.41, 5.74) is 1.73. The third kappa shape index (κ3) is 2.02. The number of carboxylic acids is 1. The molecule has 0 atom stereocenters. The molecule has 0 fully saturated rings. The molecular formula is C11H11ClN2O2. The number of aliphatic carboxylic acids is 1. The van der Waals surface area contributed by atoms with Gasteiger partial charge in [-0.1, -0.05) is 11.6 Å². The molecule has 0 aliphatic carbocycles. The lowest BCUT2D eigenvalue weighted by molar-refractivity contribution is -0.136. The second-order valence-corrected chi connectivity index (χ2v) is 4.06. The van der Waals surface area contributed by atoms with Crippen molar-refractivity contribution in [3.63, 3.8) is 0 Å². The van der Waals surface area contributed by atoms with Crippen molar-refractivity contribution in [3.05, 3.63) is 28.9 Å². The quantitative estimate of drug-likeness (QED) is 0.892. The van der Waals surface area contributed by atoms with Crippen molar-refractivity contribution in [2.75, 3.05) is 0 Å². The zero-order valence-electron chi connectivity index (χ0n) is 8.77. The third-order valence-corrected chi connectivity index (χ3v) is 2.70. The van der Waals surface area contributed by atoms with E-state index in [9.17, 15) is 4.79 Å². The number of benzene rings is 1. The average Bonchev–Trinajstić information content (AvgIpc) is 2.53. The molecular weight excluding hydrogens is 228 g/mol. The molecule has 1 heterocycles. The number of hydrogen-bond acceptors (Lipinski definition) is 2. The highest BCUT2D eigenvalue weighted by atomic mass is 35.5. The lowest BCUT2D eigenvalue weighted by atomic mass is 10.1. The smallest absolute Gasteiger partial charge is 0.303 e. The first-order valence-electron chi connectivity index (χ1n) is 4.91. The molecule has 16 heavy (non-hydrogen) atoms. The molecule has 1 N–H and O–H groups in total. The third-order valence-electron chi connectivity index (χ3n) is 2.47. The zero-order valence-corrected chi connectivity index (χ0v) is 9.53. The molecule has 0 aliphatic heterocycles. The van der Waals surface area contributed by atoms with Crippen LogP contribution in [-0.2, 0) is 18.3 Å². The number of nitrogens with zero attached hydrogens (tertiary/aromatic N) is 2. The number of rotatable bonds is 3. The molecule has 2 aromatic rings. The Bertz CT molecular complexity index is 548. The molecule has 0 unspecified atom stereocenters. The van der Waals surface area contributed by atoms with Crippen LogP contribution >= 0.6 is 11.6 Å². The van der Waals surface area contributed by atoms with Gasteiger partial charge in [0.1, 0.15) is 0 Å². The Balaban J connectivity index is 2.43. The molecule has 0 aliphatic rings. The van der Waals surface area contributed by atoms with Gasteiger partial charge >= 0.3 is 5.97 Å². The first-order valence-corrected chi connectivity index (χ1v) is 5.28. The Morgan fingerprint density at radius 3 is 3.00 bits per heavy atom. The highest BCUT2D eigenvalue weighted by Crippen LogP contribution is 2.22. The van der Waals surface area contributed by atoms with E-state index >= 15 is 0 Å². The molecule has 0 amide bonds. The molecule has 5 heteroatoms. The number of halogens is 1. The van der Waals surface area contributed by atoms with Crippen LogP contribution in [0.25, 0.3) is 10.9 Å². The second kappa shape index (κ2) is 4.14. The number of carboxylic acid groups (broad SMARTS) is 1.